The van der Waals surface area contributed by atoms with Crippen LogP contribution in [0.4, 0.5) is 5.69 Å². The summed E-state index contributed by atoms with van der Waals surface area (Å²) in [4.78, 5) is 3.39. The van der Waals surface area contributed by atoms with Gasteiger partial charge in [-0.1, -0.05) is 26.0 Å². The molecule has 0 spiro atoms. The molecule has 25 heavy (non-hydrogen) atoms. The fraction of sp³-hybridized carbons (Fsp3) is 0.333. The van der Waals surface area contributed by atoms with Crippen molar-refractivity contribution in [2.24, 2.45) is 0 Å². The molecule has 0 radical (unpaired) electrons. The Morgan fingerprint density at radius 1 is 1.16 bits per heavy atom. The quantitative estimate of drug-likeness (QED) is 0.634. The summed E-state index contributed by atoms with van der Waals surface area (Å²) in [7, 11) is 0. The van der Waals surface area contributed by atoms with Crippen LogP contribution in [0.1, 0.15) is 37.0 Å². The first-order valence-electron chi connectivity index (χ1n) is 8.17. The van der Waals surface area contributed by atoms with Crippen molar-refractivity contribution in [2.45, 2.75) is 40.2 Å². The zero-order valence-corrected chi connectivity index (χ0v) is 14.5. The van der Waals surface area contributed by atoms with Gasteiger partial charge in [0, 0.05) is 6.92 Å². The van der Waals surface area contributed by atoms with Crippen molar-refractivity contribution in [3.8, 4) is 11.5 Å². The molecule has 1 aromatic carbocycles. The van der Waals surface area contributed by atoms with Crippen LogP contribution in [0.5, 0.6) is 11.5 Å². The first-order chi connectivity index (χ1) is 12.1. The number of hydrogen-bond acceptors (Lipinski definition) is 5. The molecule has 3 aromatic rings. The summed E-state index contributed by atoms with van der Waals surface area (Å²) in [6.45, 7) is 13.3. The Balaban J connectivity index is 1.92. The lowest BCUT2D eigenvalue weighted by atomic mass is 10.2. The average Bonchev–Trinajstić information content (AvgIpc) is 3.18. The highest BCUT2D eigenvalue weighted by Gasteiger charge is 2.19. The Labute approximate surface area is 146 Å². The van der Waals surface area contributed by atoms with Gasteiger partial charge in [-0.3, -0.25) is 4.68 Å². The minimum Gasteiger partial charge on any atom is -0.454 e. The summed E-state index contributed by atoms with van der Waals surface area (Å²) in [5.74, 6) is 2.50. The van der Waals surface area contributed by atoms with Gasteiger partial charge in [-0.05, 0) is 25.0 Å². The molecule has 0 aliphatic heterocycles. The molecular weight excluding hydrogens is 318 g/mol. The molecule has 0 aliphatic carbocycles. The predicted octanol–water partition coefficient (Wildman–Crippen LogP) is 4.09. The number of ether oxygens (including phenoxy) is 1. The van der Waals surface area contributed by atoms with E-state index in [9.17, 15) is 0 Å². The van der Waals surface area contributed by atoms with Crippen LogP contribution < -0.4 is 4.74 Å². The fourth-order valence-corrected chi connectivity index (χ4v) is 2.59. The first-order valence-corrected chi connectivity index (χ1v) is 8.17. The first kappa shape index (κ1) is 16.7. The second kappa shape index (κ2) is 7.18. The zero-order chi connectivity index (χ0) is 17.8. The average molecular weight is 337 g/mol. The minimum absolute atomic E-state index is 0.414. The van der Waals surface area contributed by atoms with E-state index in [0.717, 1.165) is 30.0 Å². The van der Waals surface area contributed by atoms with Crippen molar-refractivity contribution in [2.75, 3.05) is 0 Å². The lowest BCUT2D eigenvalue weighted by Gasteiger charge is -2.08. The monoisotopic (exact) mass is 337 g/mol. The van der Waals surface area contributed by atoms with Crippen molar-refractivity contribution in [1.82, 2.24) is 20.0 Å². The van der Waals surface area contributed by atoms with E-state index in [2.05, 4.69) is 27.1 Å². The van der Waals surface area contributed by atoms with E-state index < -0.39 is 0 Å². The lowest BCUT2D eigenvalue weighted by molar-refractivity contribution is 0.436. The van der Waals surface area contributed by atoms with E-state index >= 15 is 0 Å². The summed E-state index contributed by atoms with van der Waals surface area (Å²) in [6.07, 6.45) is 1.51. The van der Waals surface area contributed by atoms with Gasteiger partial charge in [0.2, 0.25) is 11.8 Å². The van der Waals surface area contributed by atoms with Gasteiger partial charge >= 0.3 is 0 Å². The van der Waals surface area contributed by atoms with Crippen LogP contribution >= 0.6 is 0 Å². The maximum absolute atomic E-state index is 7.03. The predicted molar refractivity (Wildman–Crippen MR) is 91.9 cm³/mol. The maximum atomic E-state index is 7.03. The molecule has 7 heteroatoms. The third-order valence-corrected chi connectivity index (χ3v) is 3.79. The molecule has 0 amide bonds. The highest BCUT2D eigenvalue weighted by atomic mass is 16.5. The topological polar surface area (TPSA) is 70.3 Å². The van der Waals surface area contributed by atoms with E-state index in [1.54, 1.807) is 31.2 Å². The summed E-state index contributed by atoms with van der Waals surface area (Å²) in [6, 6.07) is 7.08. The van der Waals surface area contributed by atoms with Crippen molar-refractivity contribution in [3.63, 3.8) is 0 Å². The molecule has 0 fully saturated rings. The van der Waals surface area contributed by atoms with Crippen LogP contribution in [0.15, 0.2) is 28.7 Å². The third-order valence-electron chi connectivity index (χ3n) is 3.79. The molecule has 2 heterocycles. The molecule has 7 nitrogen and oxygen atoms in total. The number of aryl methyl sites for hydroxylation is 2. The normalized spacial score (nSPS) is 10.6. The molecule has 0 bridgehead atoms. The Kier molecular flexibility index (Phi) is 4.80. The van der Waals surface area contributed by atoms with Crippen LogP contribution in [-0.2, 0) is 19.4 Å². The number of rotatable bonds is 6. The Morgan fingerprint density at radius 3 is 2.48 bits per heavy atom. The van der Waals surface area contributed by atoms with Crippen LogP contribution in [0.3, 0.4) is 0 Å². The van der Waals surface area contributed by atoms with E-state index in [-0.39, 0.29) is 0 Å². The Hall–Kier alpha value is -3.14. The van der Waals surface area contributed by atoms with Crippen LogP contribution in [-0.4, -0.2) is 20.0 Å². The van der Waals surface area contributed by atoms with E-state index in [1.165, 1.54) is 0 Å². The number of hydrogen-bond donors (Lipinski definition) is 0. The molecule has 0 N–H and O–H groups in total. The molecule has 128 valence electrons. The molecule has 0 aliphatic rings. The van der Waals surface area contributed by atoms with E-state index in [0.29, 0.717) is 29.8 Å². The van der Waals surface area contributed by atoms with Gasteiger partial charge in [-0.15, -0.1) is 10.2 Å². The van der Waals surface area contributed by atoms with Crippen LogP contribution in [0.25, 0.3) is 4.85 Å². The maximum Gasteiger partial charge on any atom is 0.237 e. The molecular formula is C18H19N5O2. The van der Waals surface area contributed by atoms with Gasteiger partial charge in [0.1, 0.15) is 18.0 Å². The molecule has 0 saturated heterocycles. The van der Waals surface area contributed by atoms with Crippen molar-refractivity contribution in [3.05, 3.63) is 58.9 Å². The summed E-state index contributed by atoms with van der Waals surface area (Å²) in [5, 5.41) is 12.5. The van der Waals surface area contributed by atoms with Crippen LogP contribution in [0.2, 0.25) is 0 Å². The SMILES string of the molecule is [C-]#[N+]c1ccc(Oc2c(CC)nn(Cc3nnc(C)o3)c2CC)cc1. The minimum atomic E-state index is 0.414. The molecule has 0 atom stereocenters. The second-order valence-corrected chi connectivity index (χ2v) is 5.51. The van der Waals surface area contributed by atoms with Gasteiger partial charge in [0.05, 0.1) is 12.3 Å². The number of nitrogens with zero attached hydrogens (tertiary/aromatic N) is 5. The van der Waals surface area contributed by atoms with Gasteiger partial charge in [-0.25, -0.2) is 4.85 Å². The lowest BCUT2D eigenvalue weighted by Crippen LogP contribution is -2.06. The summed E-state index contributed by atoms with van der Waals surface area (Å²) < 4.78 is 13.4. The summed E-state index contributed by atoms with van der Waals surface area (Å²) in [5.41, 5.74) is 2.44. The second-order valence-electron chi connectivity index (χ2n) is 5.51. The molecule has 0 saturated carbocycles. The largest absolute Gasteiger partial charge is 0.454 e. The number of aromatic nitrogens is 4. The van der Waals surface area contributed by atoms with Gasteiger partial charge < -0.3 is 9.15 Å². The smallest absolute Gasteiger partial charge is 0.237 e. The van der Waals surface area contributed by atoms with Gasteiger partial charge in [0.15, 0.2) is 11.4 Å². The third kappa shape index (κ3) is 3.53. The Morgan fingerprint density at radius 2 is 1.92 bits per heavy atom. The van der Waals surface area contributed by atoms with Crippen molar-refractivity contribution < 1.29 is 9.15 Å². The highest BCUT2D eigenvalue weighted by Crippen LogP contribution is 2.31. The molecule has 3 rings (SSSR count). The zero-order valence-electron chi connectivity index (χ0n) is 14.5. The molecule has 0 unspecified atom stereocenters. The number of benzene rings is 1. The highest BCUT2D eigenvalue weighted by molar-refractivity contribution is 5.48. The standard InChI is InChI=1S/C18H19N5O2/c1-5-15-18(25-14-9-7-13(19-4)8-10-14)16(6-2)23(22-15)11-17-21-20-12(3)24-17/h7-10H,5-6,11H2,1-3H3. The Bertz CT molecular complexity index is 903. The van der Waals surface area contributed by atoms with Gasteiger partial charge in [-0.2, -0.15) is 5.10 Å². The van der Waals surface area contributed by atoms with E-state index in [1.807, 2.05) is 11.6 Å². The van der Waals surface area contributed by atoms with Crippen molar-refractivity contribution in [1.29, 1.82) is 0 Å². The molecule has 2 aromatic heterocycles. The van der Waals surface area contributed by atoms with Gasteiger partial charge in [0.25, 0.3) is 0 Å². The fourth-order valence-electron chi connectivity index (χ4n) is 2.59. The van der Waals surface area contributed by atoms with E-state index in [4.69, 9.17) is 15.7 Å². The summed E-state index contributed by atoms with van der Waals surface area (Å²) >= 11 is 0. The van der Waals surface area contributed by atoms with Crippen molar-refractivity contribution >= 4 is 5.69 Å². The van der Waals surface area contributed by atoms with Crippen LogP contribution in [0, 0.1) is 13.5 Å².